The van der Waals surface area contributed by atoms with E-state index in [9.17, 15) is 8.42 Å². The maximum absolute atomic E-state index is 12.0. The highest BCUT2D eigenvalue weighted by atomic mass is 32.2. The minimum absolute atomic E-state index is 0.167. The van der Waals surface area contributed by atoms with Crippen molar-refractivity contribution in [1.29, 1.82) is 0 Å². The van der Waals surface area contributed by atoms with Crippen LogP contribution in [0.4, 0.5) is 0 Å². The van der Waals surface area contributed by atoms with Crippen LogP contribution in [0.5, 0.6) is 0 Å². The Morgan fingerprint density at radius 1 is 1.47 bits per heavy atom. The van der Waals surface area contributed by atoms with Gasteiger partial charge in [0.05, 0.1) is 12.4 Å². The third kappa shape index (κ3) is 3.14. The second-order valence-electron chi connectivity index (χ2n) is 4.37. The summed E-state index contributed by atoms with van der Waals surface area (Å²) in [6.07, 6.45) is 0. The molecule has 1 fully saturated rings. The Morgan fingerprint density at radius 3 is 2.73 bits per heavy atom. The molecule has 6 heteroatoms. The van der Waals surface area contributed by atoms with Gasteiger partial charge in [-0.15, -0.1) is 0 Å². The minimum atomic E-state index is -3.15. The number of rotatable bonds is 3. The number of ether oxygens (including phenoxy) is 1. The molecule has 0 bridgehead atoms. The third-order valence-corrected chi connectivity index (χ3v) is 4.67. The molecule has 0 spiro atoms. The summed E-state index contributed by atoms with van der Waals surface area (Å²) in [6.45, 7) is 5.92. The van der Waals surface area contributed by atoms with Crippen LogP contribution in [0.25, 0.3) is 0 Å². The Morgan fingerprint density at radius 2 is 2.13 bits per heavy atom. The highest BCUT2D eigenvalue weighted by Gasteiger charge is 2.37. The van der Waals surface area contributed by atoms with Crippen LogP contribution in [-0.4, -0.2) is 57.4 Å². The molecule has 1 aliphatic rings. The van der Waals surface area contributed by atoms with E-state index in [1.165, 1.54) is 0 Å². The lowest BCUT2D eigenvalue weighted by Gasteiger charge is -2.35. The van der Waals surface area contributed by atoms with Gasteiger partial charge in [0, 0.05) is 32.3 Å². The topological polar surface area (TPSA) is 58.6 Å². The quantitative estimate of drug-likeness (QED) is 0.727. The number of hydrogen-bond donors (Lipinski definition) is 1. The van der Waals surface area contributed by atoms with Crippen molar-refractivity contribution in [3.8, 4) is 0 Å². The monoisotopic (exact) mass is 236 g/mol. The van der Waals surface area contributed by atoms with Gasteiger partial charge < -0.3 is 10.1 Å². The number of hydrogen-bond acceptors (Lipinski definition) is 4. The van der Waals surface area contributed by atoms with Gasteiger partial charge in [-0.2, -0.15) is 4.31 Å². The molecule has 0 saturated carbocycles. The lowest BCUT2D eigenvalue weighted by atomic mass is 10.1. The fraction of sp³-hybridized carbons (Fsp3) is 1.00. The van der Waals surface area contributed by atoms with Gasteiger partial charge in [-0.05, 0) is 13.8 Å². The zero-order valence-corrected chi connectivity index (χ0v) is 10.4. The van der Waals surface area contributed by atoms with Gasteiger partial charge in [0.1, 0.15) is 0 Å². The largest absolute Gasteiger partial charge is 0.383 e. The SMILES string of the molecule is COCCN1C(C)(C)CNCCS1(=O)=O. The average molecular weight is 236 g/mol. The van der Waals surface area contributed by atoms with Crippen LogP contribution >= 0.6 is 0 Å². The van der Waals surface area contributed by atoms with Crippen LogP contribution in [-0.2, 0) is 14.8 Å². The molecule has 1 N–H and O–H groups in total. The molecule has 90 valence electrons. The van der Waals surface area contributed by atoms with Crippen LogP contribution in [0.15, 0.2) is 0 Å². The van der Waals surface area contributed by atoms with Crippen molar-refractivity contribution in [3.05, 3.63) is 0 Å². The van der Waals surface area contributed by atoms with Crippen LogP contribution in [0.2, 0.25) is 0 Å². The van der Waals surface area contributed by atoms with E-state index in [2.05, 4.69) is 5.32 Å². The van der Waals surface area contributed by atoms with E-state index in [0.29, 0.717) is 26.2 Å². The third-order valence-electron chi connectivity index (χ3n) is 2.60. The van der Waals surface area contributed by atoms with E-state index < -0.39 is 10.0 Å². The van der Waals surface area contributed by atoms with Crippen molar-refractivity contribution in [2.75, 3.05) is 39.1 Å². The molecule has 0 amide bonds. The summed E-state index contributed by atoms with van der Waals surface area (Å²) in [5, 5.41) is 3.14. The molecule has 0 aromatic rings. The summed E-state index contributed by atoms with van der Waals surface area (Å²) in [5.41, 5.74) is -0.381. The molecule has 0 aromatic carbocycles. The van der Waals surface area contributed by atoms with E-state index in [1.54, 1.807) is 11.4 Å². The van der Waals surface area contributed by atoms with E-state index in [4.69, 9.17) is 4.74 Å². The highest BCUT2D eigenvalue weighted by Crippen LogP contribution is 2.20. The Balaban J connectivity index is 2.88. The first-order valence-electron chi connectivity index (χ1n) is 5.10. The van der Waals surface area contributed by atoms with Gasteiger partial charge in [-0.25, -0.2) is 8.42 Å². The summed E-state index contributed by atoms with van der Waals surface area (Å²) < 4.78 is 30.4. The van der Waals surface area contributed by atoms with Crippen molar-refractivity contribution in [1.82, 2.24) is 9.62 Å². The number of sulfonamides is 1. The summed E-state index contributed by atoms with van der Waals surface area (Å²) >= 11 is 0. The Bertz CT molecular complexity index is 300. The van der Waals surface area contributed by atoms with Crippen molar-refractivity contribution in [3.63, 3.8) is 0 Å². The van der Waals surface area contributed by atoms with E-state index in [-0.39, 0.29) is 11.3 Å². The molecule has 0 radical (unpaired) electrons. The summed E-state index contributed by atoms with van der Waals surface area (Å²) in [5.74, 6) is 0.167. The zero-order valence-electron chi connectivity index (χ0n) is 9.62. The lowest BCUT2D eigenvalue weighted by Crippen LogP contribution is -2.51. The molecule has 0 atom stereocenters. The fourth-order valence-electron chi connectivity index (χ4n) is 1.79. The molecule has 0 aliphatic carbocycles. The number of nitrogens with zero attached hydrogens (tertiary/aromatic N) is 1. The highest BCUT2D eigenvalue weighted by molar-refractivity contribution is 7.89. The zero-order chi connectivity index (χ0) is 11.5. The predicted molar refractivity (Wildman–Crippen MR) is 59.3 cm³/mol. The smallest absolute Gasteiger partial charge is 0.215 e. The maximum Gasteiger partial charge on any atom is 0.215 e. The maximum atomic E-state index is 12.0. The van der Waals surface area contributed by atoms with Crippen molar-refractivity contribution < 1.29 is 13.2 Å². The Kier molecular flexibility index (Phi) is 4.11. The van der Waals surface area contributed by atoms with E-state index in [1.807, 2.05) is 13.8 Å². The van der Waals surface area contributed by atoms with Crippen LogP contribution in [0.3, 0.4) is 0 Å². The molecule has 0 aromatic heterocycles. The molecule has 5 nitrogen and oxygen atoms in total. The van der Waals surface area contributed by atoms with Crippen LogP contribution in [0, 0.1) is 0 Å². The summed E-state index contributed by atoms with van der Waals surface area (Å²) in [6, 6.07) is 0. The molecule has 1 aliphatic heterocycles. The minimum Gasteiger partial charge on any atom is -0.383 e. The second-order valence-corrected chi connectivity index (χ2v) is 6.38. The van der Waals surface area contributed by atoms with E-state index in [0.717, 1.165) is 0 Å². The average Bonchev–Trinajstić information content (AvgIpc) is 2.21. The van der Waals surface area contributed by atoms with Crippen LogP contribution in [0.1, 0.15) is 13.8 Å². The standard InChI is InChI=1S/C9H20N2O3S/c1-9(2)8-10-4-7-15(12,13)11(9)5-6-14-3/h10H,4-8H2,1-3H3. The Hall–Kier alpha value is -0.170. The summed E-state index contributed by atoms with van der Waals surface area (Å²) in [7, 11) is -1.57. The molecule has 1 saturated heterocycles. The van der Waals surface area contributed by atoms with Gasteiger partial charge in [0.15, 0.2) is 0 Å². The van der Waals surface area contributed by atoms with Gasteiger partial charge in [0.2, 0.25) is 10.0 Å². The molecular weight excluding hydrogens is 216 g/mol. The second kappa shape index (κ2) is 4.78. The predicted octanol–water partition coefficient (Wildman–Crippen LogP) is -0.354. The molecular formula is C9H20N2O3S. The Labute approximate surface area is 91.8 Å². The van der Waals surface area contributed by atoms with Crippen molar-refractivity contribution >= 4 is 10.0 Å². The molecule has 15 heavy (non-hydrogen) atoms. The van der Waals surface area contributed by atoms with Crippen molar-refractivity contribution in [2.45, 2.75) is 19.4 Å². The van der Waals surface area contributed by atoms with Gasteiger partial charge in [-0.3, -0.25) is 0 Å². The number of methoxy groups -OCH3 is 1. The summed E-state index contributed by atoms with van der Waals surface area (Å²) in [4.78, 5) is 0. The fourth-order valence-corrected chi connectivity index (χ4v) is 3.58. The number of nitrogens with one attached hydrogen (secondary N) is 1. The van der Waals surface area contributed by atoms with Crippen molar-refractivity contribution in [2.24, 2.45) is 0 Å². The molecule has 1 rings (SSSR count). The lowest BCUT2D eigenvalue weighted by molar-refractivity contribution is 0.142. The van der Waals surface area contributed by atoms with Gasteiger partial charge >= 0.3 is 0 Å². The van der Waals surface area contributed by atoms with Gasteiger partial charge in [-0.1, -0.05) is 0 Å². The molecule has 1 heterocycles. The first-order chi connectivity index (χ1) is 6.90. The molecule has 0 unspecified atom stereocenters. The normalized spacial score (nSPS) is 26.1. The first-order valence-corrected chi connectivity index (χ1v) is 6.71. The van der Waals surface area contributed by atoms with Crippen LogP contribution < -0.4 is 5.32 Å². The first kappa shape index (κ1) is 12.9. The van der Waals surface area contributed by atoms with Gasteiger partial charge in [0.25, 0.3) is 0 Å². The van der Waals surface area contributed by atoms with E-state index >= 15 is 0 Å².